The minimum Gasteiger partial charge on any atom is -0.504 e. The number of nitrogens with zero attached hydrogens (tertiary/aromatic N) is 1. The van der Waals surface area contributed by atoms with Crippen LogP contribution < -0.4 is 15.6 Å². The molecule has 7 nitrogen and oxygen atoms in total. The molecule has 2 heterocycles. The zero-order chi connectivity index (χ0) is 20.7. The van der Waals surface area contributed by atoms with Gasteiger partial charge in [0.05, 0.1) is 18.6 Å². The Kier molecular flexibility index (Phi) is 5.12. The number of hydrogen-bond donors (Lipinski definition) is 3. The van der Waals surface area contributed by atoms with Crippen molar-refractivity contribution in [3.8, 4) is 11.5 Å². The van der Waals surface area contributed by atoms with E-state index in [0.29, 0.717) is 35.1 Å². The number of rotatable bonds is 4. The van der Waals surface area contributed by atoms with Crippen molar-refractivity contribution in [1.29, 1.82) is 0 Å². The zero-order valence-electron chi connectivity index (χ0n) is 16.5. The molecule has 2 aromatic rings. The zero-order valence-corrected chi connectivity index (χ0v) is 17.3. The first-order chi connectivity index (χ1) is 13.9. The molecule has 0 bridgehead atoms. The van der Waals surface area contributed by atoms with Crippen molar-refractivity contribution in [3.63, 3.8) is 0 Å². The number of phenolic OH excluding ortho intramolecular Hbond substituents is 1. The molecule has 29 heavy (non-hydrogen) atoms. The Morgan fingerprint density at radius 2 is 2.07 bits per heavy atom. The second-order valence-corrected chi connectivity index (χ2v) is 9.04. The van der Waals surface area contributed by atoms with Crippen LogP contribution in [0.3, 0.4) is 0 Å². The average molecular weight is 413 g/mol. The summed E-state index contributed by atoms with van der Waals surface area (Å²) in [7, 11) is 1.47. The normalized spacial score (nSPS) is 20.6. The first-order valence-electron chi connectivity index (χ1n) is 9.56. The van der Waals surface area contributed by atoms with Crippen LogP contribution >= 0.6 is 11.8 Å². The quantitative estimate of drug-likeness (QED) is 0.521. The first kappa shape index (κ1) is 19.6. The van der Waals surface area contributed by atoms with Crippen molar-refractivity contribution in [1.82, 2.24) is 9.97 Å². The third-order valence-corrected chi connectivity index (χ3v) is 6.08. The molecule has 8 heteroatoms. The molecule has 2 aliphatic rings. The van der Waals surface area contributed by atoms with Crippen molar-refractivity contribution in [2.45, 2.75) is 43.0 Å². The molecule has 0 saturated heterocycles. The fourth-order valence-electron chi connectivity index (χ4n) is 3.99. The van der Waals surface area contributed by atoms with Gasteiger partial charge in [0.2, 0.25) is 0 Å². The van der Waals surface area contributed by atoms with Crippen LogP contribution in [-0.4, -0.2) is 33.2 Å². The van der Waals surface area contributed by atoms with E-state index in [1.807, 2.05) is 19.9 Å². The first-order valence-corrected chi connectivity index (χ1v) is 10.4. The molecule has 0 spiro atoms. The van der Waals surface area contributed by atoms with E-state index >= 15 is 0 Å². The number of benzene rings is 1. The lowest BCUT2D eigenvalue weighted by Gasteiger charge is -2.36. The van der Waals surface area contributed by atoms with Gasteiger partial charge in [-0.1, -0.05) is 37.8 Å². The summed E-state index contributed by atoms with van der Waals surface area (Å²) in [5.41, 5.74) is 1.68. The van der Waals surface area contributed by atoms with Crippen molar-refractivity contribution in [2.24, 2.45) is 5.92 Å². The Bertz CT molecular complexity index is 1060. The second kappa shape index (κ2) is 7.59. The van der Waals surface area contributed by atoms with E-state index in [4.69, 9.17) is 4.74 Å². The number of phenols is 1. The highest BCUT2D eigenvalue weighted by Crippen LogP contribution is 2.46. The summed E-state index contributed by atoms with van der Waals surface area (Å²) in [6.45, 7) is 4.06. The number of aromatic nitrogens is 2. The number of anilines is 1. The molecule has 1 aliphatic heterocycles. The third-order valence-electron chi connectivity index (χ3n) is 5.19. The molecule has 0 unspecified atom stereocenters. The Labute approximate surface area is 172 Å². The van der Waals surface area contributed by atoms with E-state index in [1.54, 1.807) is 12.1 Å². The van der Waals surface area contributed by atoms with Crippen LogP contribution in [0.25, 0.3) is 0 Å². The van der Waals surface area contributed by atoms with E-state index in [-0.39, 0.29) is 22.3 Å². The number of carbonyl (C=O) groups is 1. The number of fused-ring (bicyclic) bond motifs is 2. The Balaban J connectivity index is 1.93. The highest BCUT2D eigenvalue weighted by molar-refractivity contribution is 7.99. The van der Waals surface area contributed by atoms with Gasteiger partial charge in [-0.3, -0.25) is 9.59 Å². The van der Waals surface area contributed by atoms with Gasteiger partial charge in [0.1, 0.15) is 11.6 Å². The number of nitrogens with one attached hydrogen (secondary N) is 2. The summed E-state index contributed by atoms with van der Waals surface area (Å²) < 4.78 is 5.25. The molecule has 1 aliphatic carbocycles. The van der Waals surface area contributed by atoms with Crippen LogP contribution in [0, 0.1) is 5.92 Å². The maximum absolute atomic E-state index is 13.1. The maximum Gasteiger partial charge on any atom is 0.257 e. The van der Waals surface area contributed by atoms with Gasteiger partial charge in [0.15, 0.2) is 16.7 Å². The predicted molar refractivity (Wildman–Crippen MR) is 112 cm³/mol. The minimum atomic E-state index is -0.505. The number of methoxy groups -OCH3 is 1. The molecule has 0 saturated carbocycles. The number of thioether (sulfide) groups is 1. The molecule has 4 rings (SSSR count). The summed E-state index contributed by atoms with van der Waals surface area (Å²) in [6, 6.07) is 4.94. The number of Topliss-reactive ketones (excluding diaryl/α,β-unsaturated/α-hetero) is 1. The Morgan fingerprint density at radius 3 is 2.79 bits per heavy atom. The van der Waals surface area contributed by atoms with Gasteiger partial charge in [-0.05, 0) is 24.1 Å². The topological polar surface area (TPSA) is 104 Å². The smallest absolute Gasteiger partial charge is 0.257 e. The molecule has 0 radical (unpaired) electrons. The highest BCUT2D eigenvalue weighted by atomic mass is 32.2. The largest absolute Gasteiger partial charge is 0.504 e. The Morgan fingerprint density at radius 1 is 1.28 bits per heavy atom. The highest BCUT2D eigenvalue weighted by Gasteiger charge is 2.42. The van der Waals surface area contributed by atoms with Gasteiger partial charge in [0.25, 0.3) is 5.56 Å². The molecule has 0 fully saturated rings. The van der Waals surface area contributed by atoms with Crippen molar-refractivity contribution in [2.75, 3.05) is 12.4 Å². The van der Waals surface area contributed by atoms with Crippen LogP contribution in [0.15, 0.2) is 39.9 Å². The second-order valence-electron chi connectivity index (χ2n) is 7.48. The molecule has 0 amide bonds. The molecule has 1 aromatic carbocycles. The summed E-state index contributed by atoms with van der Waals surface area (Å²) in [5, 5.41) is 14.0. The fourth-order valence-corrected chi connectivity index (χ4v) is 4.74. The van der Waals surface area contributed by atoms with E-state index < -0.39 is 11.8 Å². The number of carbonyl (C=O) groups excluding carboxylic acids is 1. The molecule has 1 aromatic heterocycles. The Hall–Kier alpha value is -2.74. The van der Waals surface area contributed by atoms with Crippen molar-refractivity contribution < 1.29 is 14.6 Å². The predicted octanol–water partition coefficient (Wildman–Crippen LogP) is 3.41. The fraction of sp³-hybridized carbons (Fsp3) is 0.381. The van der Waals surface area contributed by atoms with E-state index in [2.05, 4.69) is 15.3 Å². The molecule has 3 N–H and O–H groups in total. The van der Waals surface area contributed by atoms with Gasteiger partial charge < -0.3 is 20.1 Å². The number of aromatic amines is 1. The molecular formula is C21H23N3O4S. The summed E-state index contributed by atoms with van der Waals surface area (Å²) in [4.78, 5) is 33.5. The number of ether oxygens (including phenoxy) is 1. The lowest BCUT2D eigenvalue weighted by molar-refractivity contribution is -0.122. The molecule has 152 valence electrons. The van der Waals surface area contributed by atoms with Gasteiger partial charge in [0, 0.05) is 23.3 Å². The van der Waals surface area contributed by atoms with Gasteiger partial charge in [-0.15, -0.1) is 0 Å². The molecular weight excluding hydrogens is 390 g/mol. The van der Waals surface area contributed by atoms with Crippen molar-refractivity contribution >= 4 is 23.4 Å². The van der Waals surface area contributed by atoms with E-state index in [0.717, 1.165) is 11.3 Å². The summed E-state index contributed by atoms with van der Waals surface area (Å²) in [6.07, 6.45) is 3.11. The number of allylic oxidation sites excluding steroid dienone is 2. The van der Waals surface area contributed by atoms with Crippen LogP contribution in [0.4, 0.5) is 5.82 Å². The van der Waals surface area contributed by atoms with Crippen molar-refractivity contribution in [3.05, 3.63) is 51.5 Å². The average Bonchev–Trinajstić information content (AvgIpc) is 2.66. The van der Waals surface area contributed by atoms with Gasteiger partial charge in [-0.2, -0.15) is 0 Å². The summed E-state index contributed by atoms with van der Waals surface area (Å²) >= 11 is 1.47. The monoisotopic (exact) mass is 413 g/mol. The van der Waals surface area contributed by atoms with Crippen LogP contribution in [0.1, 0.15) is 43.7 Å². The van der Waals surface area contributed by atoms with Gasteiger partial charge >= 0.3 is 0 Å². The number of aromatic hydroxyl groups is 1. The molecule has 2 atom stereocenters. The number of ketones is 1. The van der Waals surface area contributed by atoms with Crippen LogP contribution in [0.2, 0.25) is 0 Å². The minimum absolute atomic E-state index is 0.00635. The number of hydrogen-bond acceptors (Lipinski definition) is 7. The van der Waals surface area contributed by atoms with Crippen LogP contribution in [0.5, 0.6) is 11.5 Å². The maximum atomic E-state index is 13.1. The lowest BCUT2D eigenvalue weighted by atomic mass is 9.72. The van der Waals surface area contributed by atoms with Gasteiger partial charge in [-0.25, -0.2) is 4.98 Å². The lowest BCUT2D eigenvalue weighted by Crippen LogP contribution is -2.38. The van der Waals surface area contributed by atoms with E-state index in [1.165, 1.54) is 24.9 Å². The number of H-pyrrole nitrogens is 1. The van der Waals surface area contributed by atoms with E-state index in [9.17, 15) is 14.7 Å². The van der Waals surface area contributed by atoms with Crippen LogP contribution in [-0.2, 0) is 4.79 Å². The SMILES string of the molecule is COc1cc([C@@H]2c3c(nc(SC(C)C)[nH]c3=O)NC3=CCCC(=O)[C@H]32)ccc1O. The third kappa shape index (κ3) is 3.53. The standard InChI is InChI=1S/C21H23N3O4S/c1-10(2)29-21-23-19-18(20(27)24-21)16(11-7-8-13(25)15(9-11)28-3)17-12(22-19)5-4-6-14(17)26/h5,7-10,16-17,25H,4,6H2,1-3H3,(H2,22,23,24,27)/t16-,17-/m0/s1. The summed E-state index contributed by atoms with van der Waals surface area (Å²) in [5.74, 6) is -0.130.